The molecule has 22 heavy (non-hydrogen) atoms. The van der Waals surface area contributed by atoms with Gasteiger partial charge in [0.2, 0.25) is 6.79 Å². The summed E-state index contributed by atoms with van der Waals surface area (Å²) in [5.41, 5.74) is 1.11. The monoisotopic (exact) mass is 483 g/mol. The van der Waals surface area contributed by atoms with Gasteiger partial charge in [-0.05, 0) is 46.0 Å². The van der Waals surface area contributed by atoms with Crippen LogP contribution in [0.25, 0.3) is 0 Å². The van der Waals surface area contributed by atoms with Crippen LogP contribution in [0, 0.1) is 5.92 Å². The zero-order chi connectivity index (χ0) is 15.2. The third-order valence-corrected chi connectivity index (χ3v) is 3.77. The lowest BCUT2D eigenvalue weighted by atomic mass is 10.1. The second-order valence-corrected chi connectivity index (χ2v) is 6.20. The minimum atomic E-state index is 0. The van der Waals surface area contributed by atoms with E-state index in [-0.39, 0.29) is 30.8 Å². The van der Waals surface area contributed by atoms with Crippen molar-refractivity contribution in [2.75, 3.05) is 20.4 Å². The summed E-state index contributed by atoms with van der Waals surface area (Å²) in [6.07, 6.45) is 1.12. The number of rotatable bonds is 5. The van der Waals surface area contributed by atoms with Crippen molar-refractivity contribution in [2.45, 2.75) is 26.8 Å². The normalized spacial score (nSPS) is 13.0. The van der Waals surface area contributed by atoms with Crippen molar-refractivity contribution < 1.29 is 9.47 Å². The van der Waals surface area contributed by atoms with E-state index in [1.54, 1.807) is 7.05 Å². The molecule has 0 radical (unpaired) electrons. The van der Waals surface area contributed by atoms with Gasteiger partial charge in [0.1, 0.15) is 0 Å². The summed E-state index contributed by atoms with van der Waals surface area (Å²) in [4.78, 5) is 4.22. The first-order valence-corrected chi connectivity index (χ1v) is 7.92. The second-order valence-electron chi connectivity index (χ2n) is 5.35. The van der Waals surface area contributed by atoms with Crippen molar-refractivity contribution in [3.05, 3.63) is 22.2 Å². The molecular formula is C15H23BrIN3O2. The third-order valence-electron chi connectivity index (χ3n) is 3.18. The van der Waals surface area contributed by atoms with Gasteiger partial charge in [-0.15, -0.1) is 24.0 Å². The molecule has 1 heterocycles. The maximum Gasteiger partial charge on any atom is 0.231 e. The molecule has 7 heteroatoms. The van der Waals surface area contributed by atoms with E-state index in [9.17, 15) is 0 Å². The first-order valence-electron chi connectivity index (χ1n) is 7.12. The van der Waals surface area contributed by atoms with E-state index in [0.717, 1.165) is 40.5 Å². The number of aliphatic imine (C=N–C) groups is 1. The van der Waals surface area contributed by atoms with E-state index in [2.05, 4.69) is 45.4 Å². The van der Waals surface area contributed by atoms with Crippen LogP contribution in [0.3, 0.4) is 0 Å². The van der Waals surface area contributed by atoms with Gasteiger partial charge >= 0.3 is 0 Å². The summed E-state index contributed by atoms with van der Waals surface area (Å²) < 4.78 is 11.7. The summed E-state index contributed by atoms with van der Waals surface area (Å²) in [5, 5.41) is 6.61. The molecule has 0 amide bonds. The molecule has 5 nitrogen and oxygen atoms in total. The molecule has 0 aliphatic carbocycles. The molecule has 0 bridgehead atoms. The number of ether oxygens (including phenoxy) is 2. The lowest BCUT2D eigenvalue weighted by molar-refractivity contribution is 0.173. The Morgan fingerprint density at radius 3 is 2.77 bits per heavy atom. The predicted octanol–water partition coefficient (Wildman–Crippen LogP) is 3.51. The highest BCUT2D eigenvalue weighted by molar-refractivity contribution is 14.0. The van der Waals surface area contributed by atoms with Crippen LogP contribution in [0.2, 0.25) is 0 Å². The molecule has 0 saturated carbocycles. The maximum atomic E-state index is 5.42. The fourth-order valence-corrected chi connectivity index (χ4v) is 2.61. The number of fused-ring (bicyclic) bond motifs is 1. The third kappa shape index (κ3) is 5.49. The van der Waals surface area contributed by atoms with Crippen LogP contribution in [-0.4, -0.2) is 26.3 Å². The molecule has 0 unspecified atom stereocenters. The first kappa shape index (κ1) is 19.3. The predicted molar refractivity (Wildman–Crippen MR) is 103 cm³/mol. The number of guanidine groups is 1. The Labute approximate surface area is 157 Å². The number of hydrogen-bond acceptors (Lipinski definition) is 3. The van der Waals surface area contributed by atoms with E-state index in [0.29, 0.717) is 12.5 Å². The second kappa shape index (κ2) is 9.44. The number of nitrogens with zero attached hydrogens (tertiary/aromatic N) is 1. The largest absolute Gasteiger partial charge is 0.454 e. The van der Waals surface area contributed by atoms with Gasteiger partial charge in [0.25, 0.3) is 0 Å². The Kier molecular flexibility index (Phi) is 8.30. The minimum Gasteiger partial charge on any atom is -0.454 e. The topological polar surface area (TPSA) is 54.9 Å². The van der Waals surface area contributed by atoms with Crippen molar-refractivity contribution in [3.8, 4) is 11.5 Å². The molecule has 1 aromatic carbocycles. The standard InChI is InChI=1S/C15H22BrN3O2.HI/c1-10(2)4-5-18-15(17-3)19-8-11-6-12(16)14-13(7-11)20-9-21-14;/h6-7,10H,4-5,8-9H2,1-3H3,(H2,17,18,19);1H. The Morgan fingerprint density at radius 1 is 1.32 bits per heavy atom. The highest BCUT2D eigenvalue weighted by Crippen LogP contribution is 2.39. The summed E-state index contributed by atoms with van der Waals surface area (Å²) >= 11 is 3.50. The smallest absolute Gasteiger partial charge is 0.231 e. The Bertz CT molecular complexity index is 524. The van der Waals surface area contributed by atoms with Gasteiger partial charge in [-0.1, -0.05) is 13.8 Å². The Balaban J connectivity index is 0.00000242. The molecule has 2 rings (SSSR count). The first-order chi connectivity index (χ1) is 10.1. The molecule has 1 aliphatic heterocycles. The maximum absolute atomic E-state index is 5.42. The average molecular weight is 484 g/mol. The minimum absolute atomic E-state index is 0. The zero-order valence-electron chi connectivity index (χ0n) is 13.1. The van der Waals surface area contributed by atoms with Gasteiger partial charge in [-0.2, -0.15) is 0 Å². The van der Waals surface area contributed by atoms with Gasteiger partial charge in [0, 0.05) is 20.1 Å². The lowest BCUT2D eigenvalue weighted by Gasteiger charge is -2.13. The molecule has 124 valence electrons. The van der Waals surface area contributed by atoms with Crippen molar-refractivity contribution in [1.29, 1.82) is 0 Å². The molecule has 2 N–H and O–H groups in total. The van der Waals surface area contributed by atoms with E-state index in [4.69, 9.17) is 9.47 Å². The van der Waals surface area contributed by atoms with Gasteiger partial charge in [-0.3, -0.25) is 4.99 Å². The Morgan fingerprint density at radius 2 is 2.09 bits per heavy atom. The van der Waals surface area contributed by atoms with E-state index >= 15 is 0 Å². The van der Waals surface area contributed by atoms with Crippen molar-refractivity contribution in [2.24, 2.45) is 10.9 Å². The van der Waals surface area contributed by atoms with E-state index < -0.39 is 0 Å². The van der Waals surface area contributed by atoms with Crippen LogP contribution in [0.4, 0.5) is 0 Å². The van der Waals surface area contributed by atoms with Crippen molar-refractivity contribution >= 4 is 45.9 Å². The van der Waals surface area contributed by atoms with Crippen LogP contribution in [0.1, 0.15) is 25.8 Å². The molecule has 0 atom stereocenters. The number of halogens is 2. The highest BCUT2D eigenvalue weighted by Gasteiger charge is 2.17. The molecule has 0 fully saturated rings. The van der Waals surface area contributed by atoms with Crippen LogP contribution in [-0.2, 0) is 6.54 Å². The number of benzene rings is 1. The number of nitrogens with one attached hydrogen (secondary N) is 2. The van der Waals surface area contributed by atoms with E-state index in [1.807, 2.05) is 12.1 Å². The fraction of sp³-hybridized carbons (Fsp3) is 0.533. The molecular weight excluding hydrogens is 461 g/mol. The van der Waals surface area contributed by atoms with E-state index in [1.165, 1.54) is 0 Å². The summed E-state index contributed by atoms with van der Waals surface area (Å²) in [6, 6.07) is 4.02. The SMILES string of the molecule is CN=C(NCCC(C)C)NCc1cc(Br)c2c(c1)OCO2.I. The van der Waals surface area contributed by atoms with Gasteiger partial charge in [-0.25, -0.2) is 0 Å². The quantitative estimate of drug-likeness (QED) is 0.382. The van der Waals surface area contributed by atoms with Crippen LogP contribution in [0.5, 0.6) is 11.5 Å². The van der Waals surface area contributed by atoms with Gasteiger partial charge in [0.15, 0.2) is 17.5 Å². The van der Waals surface area contributed by atoms with Crippen LogP contribution < -0.4 is 20.1 Å². The van der Waals surface area contributed by atoms with Crippen LogP contribution in [0.15, 0.2) is 21.6 Å². The fourth-order valence-electron chi connectivity index (χ4n) is 2.01. The molecule has 0 aromatic heterocycles. The summed E-state index contributed by atoms with van der Waals surface area (Å²) in [5.74, 6) is 3.05. The molecule has 0 saturated heterocycles. The zero-order valence-corrected chi connectivity index (χ0v) is 17.0. The van der Waals surface area contributed by atoms with Crippen molar-refractivity contribution in [3.63, 3.8) is 0 Å². The Hall–Kier alpha value is -0.700. The summed E-state index contributed by atoms with van der Waals surface area (Å²) in [7, 11) is 1.78. The summed E-state index contributed by atoms with van der Waals surface area (Å²) in [6.45, 7) is 6.30. The molecule has 0 spiro atoms. The van der Waals surface area contributed by atoms with Crippen molar-refractivity contribution in [1.82, 2.24) is 10.6 Å². The van der Waals surface area contributed by atoms with Gasteiger partial charge < -0.3 is 20.1 Å². The molecule has 1 aromatic rings. The lowest BCUT2D eigenvalue weighted by Crippen LogP contribution is -2.37. The average Bonchev–Trinajstić information content (AvgIpc) is 2.91. The van der Waals surface area contributed by atoms with Crippen LogP contribution >= 0.6 is 39.9 Å². The highest BCUT2D eigenvalue weighted by atomic mass is 127. The number of hydrogen-bond donors (Lipinski definition) is 2. The van der Waals surface area contributed by atoms with Gasteiger partial charge in [0.05, 0.1) is 4.47 Å². The molecule has 1 aliphatic rings.